The molecule has 0 radical (unpaired) electrons. The van der Waals surface area contributed by atoms with E-state index < -0.39 is 0 Å². The second-order valence-corrected chi connectivity index (χ2v) is 7.92. The number of rotatable bonds is 2. The van der Waals surface area contributed by atoms with Crippen LogP contribution in [0, 0.1) is 0 Å². The number of alkyl halides is 1. The molecule has 0 spiro atoms. The van der Waals surface area contributed by atoms with Crippen molar-refractivity contribution in [1.29, 1.82) is 0 Å². The molecule has 0 saturated carbocycles. The molecule has 2 rings (SSSR count). The molecule has 0 heterocycles. The van der Waals surface area contributed by atoms with Gasteiger partial charge in [0.2, 0.25) is 0 Å². The largest absolute Gasteiger partial charge is 1.00 e. The van der Waals surface area contributed by atoms with Gasteiger partial charge < -0.3 is 30.0 Å². The zero-order valence-corrected chi connectivity index (χ0v) is 21.9. The van der Waals surface area contributed by atoms with Crippen LogP contribution in [0.15, 0.2) is 48.5 Å². The van der Waals surface area contributed by atoms with E-state index in [2.05, 4.69) is 36.4 Å². The molecule has 2 aromatic carbocycles. The van der Waals surface area contributed by atoms with Crippen LogP contribution >= 0.6 is 23.8 Å². The third-order valence-corrected chi connectivity index (χ3v) is 4.68. The Hall–Kier alpha value is 0.434. The van der Waals surface area contributed by atoms with Crippen molar-refractivity contribution in [1.82, 2.24) is 0 Å². The quantitative estimate of drug-likeness (QED) is 0.253. The van der Waals surface area contributed by atoms with Crippen LogP contribution < -0.4 is 39.9 Å². The van der Waals surface area contributed by atoms with Crippen LogP contribution in [0.3, 0.4) is 0 Å². The Labute approximate surface area is 177 Å². The number of halogens is 1. The maximum absolute atomic E-state index is 7.00. The van der Waals surface area contributed by atoms with Crippen molar-refractivity contribution < 1.29 is 34.7 Å². The smallest absolute Gasteiger partial charge is 0.428 e. The number of aliphatic hydroxyl groups is 1. The van der Waals surface area contributed by atoms with E-state index in [1.807, 2.05) is 12.1 Å². The van der Waals surface area contributed by atoms with E-state index >= 15 is 0 Å². The molecule has 1 nitrogen and oxygen atoms in total. The van der Waals surface area contributed by atoms with Crippen LogP contribution in [-0.4, -0.2) is 36.9 Å². The predicted octanol–water partition coefficient (Wildman–Crippen LogP) is -3.07. The molecule has 0 amide bonds. The minimum Gasteiger partial charge on any atom is -0.428 e. The van der Waals surface area contributed by atoms with E-state index in [0.29, 0.717) is 10.1 Å². The van der Waals surface area contributed by atoms with E-state index in [1.165, 1.54) is 15.9 Å². The first-order chi connectivity index (χ1) is 10.0. The van der Waals surface area contributed by atoms with Crippen molar-refractivity contribution in [3.8, 4) is 0 Å². The minimum atomic E-state index is 0. The molecule has 0 bridgehead atoms. The third kappa shape index (κ3) is 11.0. The molecular weight excluding hydrogens is 375 g/mol. The van der Waals surface area contributed by atoms with Crippen LogP contribution in [0.5, 0.6) is 0 Å². The second-order valence-electron chi connectivity index (χ2n) is 4.27. The summed E-state index contributed by atoms with van der Waals surface area (Å²) in [6, 6.07) is 16.5. The van der Waals surface area contributed by atoms with Gasteiger partial charge in [0, 0.05) is 33.5 Å². The van der Waals surface area contributed by atoms with Gasteiger partial charge in [-0.1, -0.05) is 58.9 Å². The van der Waals surface area contributed by atoms with Gasteiger partial charge >= 0.3 is 29.6 Å². The molecule has 0 fully saturated rings. The third-order valence-electron chi connectivity index (χ3n) is 2.56. The van der Waals surface area contributed by atoms with Gasteiger partial charge in [0.1, 0.15) is 0 Å². The van der Waals surface area contributed by atoms with Crippen molar-refractivity contribution in [2.45, 2.75) is 5.88 Å². The maximum atomic E-state index is 7.00. The number of benzene rings is 2. The summed E-state index contributed by atoms with van der Waals surface area (Å²) in [5.41, 5.74) is 2.20. The Morgan fingerprint density at radius 1 is 1.00 bits per heavy atom. The van der Waals surface area contributed by atoms with E-state index in [1.54, 1.807) is 0 Å². The van der Waals surface area contributed by atoms with Gasteiger partial charge in [0.25, 0.3) is 0 Å². The molecule has 0 aliphatic heterocycles. The van der Waals surface area contributed by atoms with Crippen LogP contribution in [0.1, 0.15) is 11.1 Å². The molecule has 0 atom stereocenters. The topological polar surface area (TPSA) is 20.2 Å². The molecule has 0 unspecified atom stereocenters. The summed E-state index contributed by atoms with van der Waals surface area (Å²) < 4.78 is 0.557. The fraction of sp³-hybridized carbons (Fsp3) is 0.133. The van der Waals surface area contributed by atoms with Gasteiger partial charge in [-0.05, 0) is 11.1 Å². The Balaban J connectivity index is 0. The molecule has 114 valence electrons. The maximum Gasteiger partial charge on any atom is 1.00 e. The number of hydrogen-bond donors (Lipinski definition) is 1. The average molecular weight is 395 g/mol. The van der Waals surface area contributed by atoms with Crippen LogP contribution in [0.4, 0.5) is 0 Å². The molecule has 22 heavy (non-hydrogen) atoms. The molecule has 0 aliphatic rings. The Bertz CT molecular complexity index is 536. The molecule has 0 saturated heterocycles. The second kappa shape index (κ2) is 15.0. The zero-order valence-electron chi connectivity index (χ0n) is 13.5. The Morgan fingerprint density at radius 2 is 1.36 bits per heavy atom. The van der Waals surface area contributed by atoms with Crippen molar-refractivity contribution in [3.05, 3.63) is 59.7 Å². The SMILES string of the molecule is CO.[Na+].[SiH3]c1ccc(C(=S)[S-])cc1.[SiH3]c1ccc(CCl)cc1. The summed E-state index contributed by atoms with van der Waals surface area (Å²) in [6.07, 6.45) is 0. The molecule has 0 aliphatic carbocycles. The van der Waals surface area contributed by atoms with Gasteiger partial charge in [0.15, 0.2) is 0 Å². The molecule has 1 N–H and O–H groups in total. The Morgan fingerprint density at radius 3 is 1.68 bits per heavy atom. The zero-order chi connectivity index (χ0) is 16.3. The monoisotopic (exact) mass is 394 g/mol. The summed E-state index contributed by atoms with van der Waals surface area (Å²) in [4.78, 5) is 0. The predicted molar refractivity (Wildman–Crippen MR) is 109 cm³/mol. The first-order valence-electron chi connectivity index (χ1n) is 6.37. The van der Waals surface area contributed by atoms with Gasteiger partial charge in [-0.15, -0.1) is 15.8 Å². The van der Waals surface area contributed by atoms with E-state index in [4.69, 9.17) is 41.6 Å². The minimum absolute atomic E-state index is 0. The first-order valence-corrected chi connectivity index (χ1v) is 9.72. The van der Waals surface area contributed by atoms with Crippen LogP contribution in [0.2, 0.25) is 0 Å². The molecule has 7 heteroatoms. The normalized spacial score (nSPS) is 8.68. The van der Waals surface area contributed by atoms with Gasteiger partial charge in [-0.3, -0.25) is 0 Å². The van der Waals surface area contributed by atoms with E-state index in [-0.39, 0.29) is 29.6 Å². The summed E-state index contributed by atoms with van der Waals surface area (Å²) in [6.45, 7) is 0. The summed E-state index contributed by atoms with van der Waals surface area (Å²) >= 11 is 15.3. The van der Waals surface area contributed by atoms with Crippen molar-refractivity contribution in [2.75, 3.05) is 7.11 Å². The summed E-state index contributed by atoms with van der Waals surface area (Å²) in [7, 11) is 3.22. The Kier molecular flexibility index (Phi) is 16.8. The van der Waals surface area contributed by atoms with Crippen molar-refractivity contribution in [3.63, 3.8) is 0 Å². The van der Waals surface area contributed by atoms with Crippen LogP contribution in [-0.2, 0) is 18.5 Å². The van der Waals surface area contributed by atoms with E-state index in [0.717, 1.165) is 33.2 Å². The van der Waals surface area contributed by atoms with Crippen molar-refractivity contribution in [2.24, 2.45) is 0 Å². The van der Waals surface area contributed by atoms with Gasteiger partial charge in [0.05, 0.1) is 0 Å². The standard InChI is InChI=1S/C7H9ClSi.C7H8S2Si.CH4O.Na/c8-5-6-1-3-7(9)4-2-6;8-7(9)5-1-3-6(10)4-2-5;1-2;/h1-4H,5H2,9H3;1-4H,10H3,(H,8,9);2H,1H3;/q;;;+1/p-1. The van der Waals surface area contributed by atoms with E-state index in [9.17, 15) is 0 Å². The van der Waals surface area contributed by atoms with Crippen LogP contribution in [0.25, 0.3) is 0 Å². The number of thiocarbonyl (C=S) groups is 1. The fourth-order valence-electron chi connectivity index (χ4n) is 1.37. The summed E-state index contributed by atoms with van der Waals surface area (Å²) in [5.74, 6) is 0.627. The van der Waals surface area contributed by atoms with Gasteiger partial charge in [-0.2, -0.15) is 0 Å². The summed E-state index contributed by atoms with van der Waals surface area (Å²) in [5, 5.41) is 9.79. The average Bonchev–Trinajstić information content (AvgIpc) is 2.51. The van der Waals surface area contributed by atoms with Crippen molar-refractivity contribution >= 4 is 71.5 Å². The van der Waals surface area contributed by atoms with Gasteiger partial charge in [-0.25, -0.2) is 0 Å². The first kappa shape index (κ1) is 24.7. The molecular formula is C15H20ClNaOS2Si2. The molecule has 2 aromatic rings. The molecule has 0 aromatic heterocycles. The number of aliphatic hydroxyl groups excluding tert-OH is 1. The number of hydrogen-bond acceptors (Lipinski definition) is 3. The fourth-order valence-corrected chi connectivity index (χ4v) is 2.48.